The van der Waals surface area contributed by atoms with Gasteiger partial charge in [0.15, 0.2) is 5.03 Å². The zero-order chi connectivity index (χ0) is 24.9. The van der Waals surface area contributed by atoms with E-state index in [2.05, 4.69) is 10.3 Å². The number of guanidine groups is 1. The number of unbranched alkanes of at least 4 members (excludes halogenated alkanes) is 1. The highest BCUT2D eigenvalue weighted by Gasteiger charge is 2.33. The van der Waals surface area contributed by atoms with Crippen LogP contribution in [0, 0.1) is 27.4 Å². The van der Waals surface area contributed by atoms with Gasteiger partial charge < -0.3 is 21.1 Å². The molecule has 6 N–H and O–H groups in total. The second kappa shape index (κ2) is 14.8. The molecule has 2 atom stereocenters. The summed E-state index contributed by atoms with van der Waals surface area (Å²) in [5, 5.41) is 31.5. The Morgan fingerprint density at radius 1 is 1.25 bits per heavy atom. The number of hydrazine groups is 1. The molecule has 1 amide bonds. The number of nitrogens with one attached hydrogen (secondary N) is 2. The van der Waals surface area contributed by atoms with Crippen molar-refractivity contribution in [2.45, 2.75) is 85.5 Å². The molecule has 0 saturated carbocycles. The average Bonchev–Trinajstić information content (AvgIpc) is 2.66. The maximum Gasteiger partial charge on any atom is 0.475 e. The number of nitrogens with zero attached hydrogens (tertiary/aromatic N) is 2. The third kappa shape index (κ3) is 12.6. The van der Waals surface area contributed by atoms with E-state index in [4.69, 9.17) is 5.73 Å². The van der Waals surface area contributed by atoms with E-state index < -0.39 is 35.3 Å². The van der Waals surface area contributed by atoms with Crippen LogP contribution in [-0.2, 0) is 9.59 Å². The van der Waals surface area contributed by atoms with E-state index >= 15 is 0 Å². The third-order valence-electron chi connectivity index (χ3n) is 5.32. The van der Waals surface area contributed by atoms with Gasteiger partial charge in [-0.05, 0) is 31.6 Å². The molecular weight excluding hydrogens is 417 g/mol. The van der Waals surface area contributed by atoms with E-state index in [1.165, 1.54) is 0 Å². The number of rotatable bonds is 16. The predicted molar refractivity (Wildman–Crippen MR) is 124 cm³/mol. The monoisotopic (exact) mass is 457 g/mol. The van der Waals surface area contributed by atoms with Gasteiger partial charge in [-0.3, -0.25) is 9.59 Å². The molecule has 0 radical (unpaired) electrons. The van der Waals surface area contributed by atoms with Crippen molar-refractivity contribution in [3.8, 4) is 0 Å². The zero-order valence-electron chi connectivity index (χ0n) is 20.0. The van der Waals surface area contributed by atoms with Gasteiger partial charge in [0.1, 0.15) is 5.78 Å². The molecule has 0 unspecified atom stereocenters. The summed E-state index contributed by atoms with van der Waals surface area (Å²) in [6, 6.07) is 0. The Labute approximate surface area is 190 Å². The first-order valence-electron chi connectivity index (χ1n) is 11.2. The lowest BCUT2D eigenvalue weighted by molar-refractivity contribution is -0.525. The number of nitrogens with two attached hydrogens (primary N) is 1. The summed E-state index contributed by atoms with van der Waals surface area (Å²) in [5.74, 6) is -2.20. The lowest BCUT2D eigenvalue weighted by atomic mass is 9.74. The molecule has 32 heavy (non-hydrogen) atoms. The second-order valence-electron chi connectivity index (χ2n) is 9.25. The summed E-state index contributed by atoms with van der Waals surface area (Å²) in [7, 11) is -1.71. The number of ketones is 1. The number of amides is 1. The van der Waals surface area contributed by atoms with Crippen LogP contribution in [0.5, 0.6) is 0 Å². The van der Waals surface area contributed by atoms with Gasteiger partial charge in [-0.25, -0.2) is 15.1 Å². The molecule has 0 aromatic heterocycles. The molecule has 184 valence electrons. The second-order valence-corrected chi connectivity index (χ2v) is 9.25. The van der Waals surface area contributed by atoms with E-state index in [9.17, 15) is 29.8 Å². The van der Waals surface area contributed by atoms with Crippen molar-refractivity contribution in [3.05, 3.63) is 10.1 Å². The Balaban J connectivity index is 5.29. The van der Waals surface area contributed by atoms with Gasteiger partial charge in [0.2, 0.25) is 5.91 Å². The molecule has 0 aliphatic carbocycles. The number of aliphatic imine (C=N–C) groups is 1. The summed E-state index contributed by atoms with van der Waals surface area (Å²) in [4.78, 5) is 40.1. The molecule has 0 bridgehead atoms. The van der Waals surface area contributed by atoms with Crippen LogP contribution in [0.2, 0.25) is 0 Å². The van der Waals surface area contributed by atoms with E-state index in [-0.39, 0.29) is 30.6 Å². The molecule has 0 aliphatic rings. The molecule has 11 nitrogen and oxygen atoms in total. The smallest absolute Gasteiger partial charge is 0.426 e. The Kier molecular flexibility index (Phi) is 13.8. The van der Waals surface area contributed by atoms with Crippen LogP contribution in [0.15, 0.2) is 4.99 Å². The first-order valence-corrected chi connectivity index (χ1v) is 11.2. The molecule has 0 aromatic carbocycles. The van der Waals surface area contributed by atoms with Gasteiger partial charge >= 0.3 is 7.12 Å². The molecule has 0 fully saturated rings. The number of hydrogen-bond acceptors (Lipinski definition) is 7. The largest absolute Gasteiger partial charge is 0.475 e. The van der Waals surface area contributed by atoms with Crippen molar-refractivity contribution >= 4 is 24.8 Å². The van der Waals surface area contributed by atoms with Gasteiger partial charge in [-0.15, -0.1) is 0 Å². The fourth-order valence-electron chi connectivity index (χ4n) is 3.31. The predicted octanol–water partition coefficient (Wildman–Crippen LogP) is 1.20. The van der Waals surface area contributed by atoms with Crippen LogP contribution >= 0.6 is 0 Å². The van der Waals surface area contributed by atoms with Crippen LogP contribution in [0.25, 0.3) is 0 Å². The standard InChI is InChI=1S/C20H40BN5O6/c1-6-7-10-20(4,5)16(27)13-15(9-8-11-23-19(22)25-26(31)32)18(28)24-17(21(29)30)12-14(2)3/h14-15,17,29-30H,6-13H2,1-5H3,(H,24,28)(H3,22,23,25)/t15-,17+/m1/s1. The fourth-order valence-corrected chi connectivity index (χ4v) is 3.31. The molecule has 0 aliphatic heterocycles. The Morgan fingerprint density at radius 3 is 2.38 bits per heavy atom. The normalized spacial score (nSPS) is 14.1. The summed E-state index contributed by atoms with van der Waals surface area (Å²) in [6.07, 6.45) is 3.65. The van der Waals surface area contributed by atoms with Gasteiger partial charge in [-0.1, -0.05) is 52.9 Å². The lowest BCUT2D eigenvalue weighted by Gasteiger charge is -2.27. The van der Waals surface area contributed by atoms with E-state index in [1.807, 2.05) is 34.6 Å². The van der Waals surface area contributed by atoms with Crippen molar-refractivity contribution in [1.29, 1.82) is 0 Å². The number of carbonyl (C=O) groups excluding carboxylic acids is 2. The summed E-state index contributed by atoms with van der Waals surface area (Å²) < 4.78 is 0. The summed E-state index contributed by atoms with van der Waals surface area (Å²) in [6.45, 7) is 9.73. The summed E-state index contributed by atoms with van der Waals surface area (Å²) in [5.41, 5.74) is 6.56. The van der Waals surface area contributed by atoms with Gasteiger partial charge in [0.05, 0.1) is 5.94 Å². The number of hydrogen-bond donors (Lipinski definition) is 5. The fraction of sp³-hybridized carbons (Fsp3) is 0.850. The van der Waals surface area contributed by atoms with Crippen LogP contribution in [0.4, 0.5) is 0 Å². The molecule has 12 heteroatoms. The van der Waals surface area contributed by atoms with Crippen molar-refractivity contribution in [3.63, 3.8) is 0 Å². The Hall–Kier alpha value is -2.21. The summed E-state index contributed by atoms with van der Waals surface area (Å²) >= 11 is 0. The van der Waals surface area contributed by atoms with Gasteiger partial charge in [0, 0.05) is 24.3 Å². The average molecular weight is 457 g/mol. The van der Waals surface area contributed by atoms with Crippen LogP contribution in [0.1, 0.15) is 79.6 Å². The zero-order valence-corrected chi connectivity index (χ0v) is 20.0. The van der Waals surface area contributed by atoms with Crippen LogP contribution in [-0.4, -0.2) is 52.3 Å². The van der Waals surface area contributed by atoms with Gasteiger partial charge in [0.25, 0.3) is 5.96 Å². The maximum atomic E-state index is 12.9. The minimum atomic E-state index is -1.71. The quantitative estimate of drug-likeness (QED) is 0.0572. The first kappa shape index (κ1) is 29.8. The SMILES string of the molecule is CCCCC(C)(C)C(=O)C[C@@H](CCCN=C(N)N[N+](=O)[O-])C(=O)N[C@@H](CC(C)C)B(O)O. The van der Waals surface area contributed by atoms with E-state index in [1.54, 1.807) is 5.43 Å². The Morgan fingerprint density at radius 2 is 1.88 bits per heavy atom. The molecule has 0 aromatic rings. The molecule has 0 saturated heterocycles. The van der Waals surface area contributed by atoms with Crippen LogP contribution < -0.4 is 16.5 Å². The molecule has 0 spiro atoms. The van der Waals surface area contributed by atoms with Crippen molar-refractivity contribution in [1.82, 2.24) is 10.7 Å². The molecular formula is C20H40BN5O6. The highest BCUT2D eigenvalue weighted by molar-refractivity contribution is 6.43. The molecule has 0 heterocycles. The third-order valence-corrected chi connectivity index (χ3v) is 5.32. The number of nitro groups is 1. The van der Waals surface area contributed by atoms with Gasteiger partial charge in [-0.2, -0.15) is 0 Å². The topological polar surface area (TPSA) is 180 Å². The van der Waals surface area contributed by atoms with Crippen LogP contribution in [0.3, 0.4) is 0 Å². The lowest BCUT2D eigenvalue weighted by Crippen LogP contribution is -2.49. The minimum Gasteiger partial charge on any atom is -0.426 e. The minimum absolute atomic E-state index is 0.0187. The highest BCUT2D eigenvalue weighted by atomic mass is 16.7. The van der Waals surface area contributed by atoms with E-state index in [0.717, 1.165) is 19.3 Å². The highest BCUT2D eigenvalue weighted by Crippen LogP contribution is 2.29. The Bertz CT molecular complexity index is 642. The van der Waals surface area contributed by atoms with E-state index in [0.29, 0.717) is 19.3 Å². The number of carbonyl (C=O) groups is 2. The first-order chi connectivity index (χ1) is 14.8. The van der Waals surface area contributed by atoms with Crippen molar-refractivity contribution in [2.75, 3.05) is 6.54 Å². The van der Waals surface area contributed by atoms with Crippen molar-refractivity contribution in [2.24, 2.45) is 28.0 Å². The maximum absolute atomic E-state index is 12.9. The number of Topliss-reactive ketones (excluding diaryl/α,β-unsaturated/α-hetero) is 1. The van der Waals surface area contributed by atoms with Crippen molar-refractivity contribution < 1.29 is 24.7 Å². The molecule has 0 rings (SSSR count).